The smallest absolute Gasteiger partial charge is 0.193 e. The molecule has 2 unspecified atom stereocenters. The zero-order chi connectivity index (χ0) is 20.1. The van der Waals surface area contributed by atoms with Crippen molar-refractivity contribution < 1.29 is 9.47 Å². The van der Waals surface area contributed by atoms with Crippen LogP contribution in [-0.2, 0) is 4.74 Å². The zero-order valence-electron chi connectivity index (χ0n) is 17.8. The van der Waals surface area contributed by atoms with Gasteiger partial charge in [-0.15, -0.1) is 0 Å². The lowest BCUT2D eigenvalue weighted by Gasteiger charge is -2.32. The summed E-state index contributed by atoms with van der Waals surface area (Å²) in [7, 11) is 3.63. The van der Waals surface area contributed by atoms with Crippen molar-refractivity contribution in [1.82, 2.24) is 15.1 Å². The molecule has 3 fully saturated rings. The summed E-state index contributed by atoms with van der Waals surface area (Å²) < 4.78 is 10.9. The fourth-order valence-corrected chi connectivity index (χ4v) is 4.78. The minimum Gasteiger partial charge on any atom is -0.497 e. The van der Waals surface area contributed by atoms with Crippen LogP contribution in [0.15, 0.2) is 29.3 Å². The van der Waals surface area contributed by atoms with Crippen LogP contribution in [0.2, 0.25) is 0 Å². The van der Waals surface area contributed by atoms with Crippen LogP contribution in [0.1, 0.15) is 12.8 Å². The molecule has 3 saturated heterocycles. The maximum absolute atomic E-state index is 5.50. The zero-order valence-corrected chi connectivity index (χ0v) is 17.8. The number of ether oxygens (including phenoxy) is 2. The number of morpholine rings is 1. The van der Waals surface area contributed by atoms with E-state index in [1.54, 1.807) is 7.11 Å². The molecule has 7 heteroatoms. The Bertz CT molecular complexity index is 692. The van der Waals surface area contributed by atoms with E-state index in [-0.39, 0.29) is 0 Å². The number of hydrogen-bond acceptors (Lipinski definition) is 5. The molecular weight excluding hydrogens is 366 g/mol. The quantitative estimate of drug-likeness (QED) is 0.596. The van der Waals surface area contributed by atoms with Crippen molar-refractivity contribution in [2.75, 3.05) is 78.1 Å². The van der Waals surface area contributed by atoms with Gasteiger partial charge in [-0.05, 0) is 30.9 Å². The number of nitrogens with one attached hydrogen (secondary N) is 1. The fraction of sp³-hybridized carbons (Fsp3) is 0.682. The Hall–Kier alpha value is -1.99. The molecule has 1 aromatic carbocycles. The maximum atomic E-state index is 5.50. The van der Waals surface area contributed by atoms with Gasteiger partial charge in [-0.2, -0.15) is 0 Å². The van der Waals surface area contributed by atoms with E-state index >= 15 is 0 Å². The second-order valence-corrected chi connectivity index (χ2v) is 8.27. The van der Waals surface area contributed by atoms with E-state index in [2.05, 4.69) is 43.2 Å². The maximum Gasteiger partial charge on any atom is 0.193 e. The van der Waals surface area contributed by atoms with Gasteiger partial charge >= 0.3 is 0 Å². The van der Waals surface area contributed by atoms with Crippen molar-refractivity contribution >= 4 is 11.6 Å². The van der Waals surface area contributed by atoms with Gasteiger partial charge in [-0.1, -0.05) is 6.07 Å². The Morgan fingerprint density at radius 1 is 1.17 bits per heavy atom. The van der Waals surface area contributed by atoms with Crippen molar-refractivity contribution in [1.29, 1.82) is 0 Å². The molecule has 3 aliphatic heterocycles. The highest BCUT2D eigenvalue weighted by Gasteiger charge is 2.31. The molecule has 0 aliphatic carbocycles. The van der Waals surface area contributed by atoms with Crippen LogP contribution in [0, 0.1) is 5.92 Å². The molecule has 3 aliphatic rings. The first kappa shape index (κ1) is 20.3. The van der Waals surface area contributed by atoms with Gasteiger partial charge in [-0.25, -0.2) is 0 Å². The number of likely N-dealkylation sites (tertiary alicyclic amines) is 1. The van der Waals surface area contributed by atoms with E-state index in [9.17, 15) is 0 Å². The van der Waals surface area contributed by atoms with Crippen LogP contribution in [0.25, 0.3) is 0 Å². The first-order chi connectivity index (χ1) is 14.3. The molecule has 0 amide bonds. The van der Waals surface area contributed by atoms with E-state index in [1.807, 2.05) is 13.1 Å². The SMILES string of the molecule is CN=C(NCC1CCN(c2cccc(OC)c2)C1)N1CCC(N2CCOCC2)C1. The summed E-state index contributed by atoms with van der Waals surface area (Å²) in [6.07, 6.45) is 2.42. The first-order valence-corrected chi connectivity index (χ1v) is 10.9. The lowest BCUT2D eigenvalue weighted by molar-refractivity contribution is 0.0195. The average molecular weight is 402 g/mol. The third-order valence-electron chi connectivity index (χ3n) is 6.49. The highest BCUT2D eigenvalue weighted by molar-refractivity contribution is 5.80. The van der Waals surface area contributed by atoms with Gasteiger partial charge in [0.2, 0.25) is 0 Å². The Labute approximate surface area is 174 Å². The third kappa shape index (κ3) is 4.95. The highest BCUT2D eigenvalue weighted by atomic mass is 16.5. The molecule has 0 bridgehead atoms. The number of anilines is 1. The number of hydrogen-bond donors (Lipinski definition) is 1. The van der Waals surface area contributed by atoms with Crippen LogP contribution in [0.3, 0.4) is 0 Å². The predicted molar refractivity (Wildman–Crippen MR) is 117 cm³/mol. The molecule has 3 heterocycles. The summed E-state index contributed by atoms with van der Waals surface area (Å²) in [6.45, 7) is 9.17. The molecule has 160 valence electrons. The Morgan fingerprint density at radius 2 is 2.03 bits per heavy atom. The summed E-state index contributed by atoms with van der Waals surface area (Å²) in [5.74, 6) is 2.62. The van der Waals surface area contributed by atoms with E-state index in [0.29, 0.717) is 12.0 Å². The van der Waals surface area contributed by atoms with Crippen molar-refractivity contribution in [3.05, 3.63) is 24.3 Å². The molecular formula is C22H35N5O2. The number of nitrogens with zero attached hydrogens (tertiary/aromatic N) is 4. The van der Waals surface area contributed by atoms with Gasteiger partial charge in [0.15, 0.2) is 5.96 Å². The van der Waals surface area contributed by atoms with Gasteiger partial charge in [0, 0.05) is 70.7 Å². The van der Waals surface area contributed by atoms with E-state index in [0.717, 1.165) is 70.7 Å². The van der Waals surface area contributed by atoms with Crippen LogP contribution >= 0.6 is 0 Å². The first-order valence-electron chi connectivity index (χ1n) is 10.9. The summed E-state index contributed by atoms with van der Waals surface area (Å²) in [5, 5.41) is 3.65. The number of methoxy groups -OCH3 is 1. The van der Waals surface area contributed by atoms with E-state index in [1.165, 1.54) is 18.5 Å². The van der Waals surface area contributed by atoms with Crippen LogP contribution in [0.5, 0.6) is 5.75 Å². The van der Waals surface area contributed by atoms with Crippen LogP contribution < -0.4 is 15.0 Å². The largest absolute Gasteiger partial charge is 0.497 e. The molecule has 0 radical (unpaired) electrons. The van der Waals surface area contributed by atoms with E-state index in [4.69, 9.17) is 9.47 Å². The molecule has 1 aromatic rings. The predicted octanol–water partition coefficient (Wildman–Crippen LogP) is 1.50. The van der Waals surface area contributed by atoms with Gasteiger partial charge in [0.05, 0.1) is 20.3 Å². The molecule has 0 saturated carbocycles. The number of benzene rings is 1. The molecule has 0 aromatic heterocycles. The molecule has 0 spiro atoms. The average Bonchev–Trinajstić information content (AvgIpc) is 3.45. The summed E-state index contributed by atoms with van der Waals surface area (Å²) >= 11 is 0. The minimum absolute atomic E-state index is 0.632. The summed E-state index contributed by atoms with van der Waals surface area (Å²) in [5.41, 5.74) is 1.25. The monoisotopic (exact) mass is 401 g/mol. The van der Waals surface area contributed by atoms with Gasteiger partial charge in [0.1, 0.15) is 5.75 Å². The number of rotatable bonds is 5. The normalized spacial score (nSPS) is 26.2. The summed E-state index contributed by atoms with van der Waals surface area (Å²) in [6, 6.07) is 9.01. The number of aliphatic imine (C=N–C) groups is 1. The Balaban J connectivity index is 1.25. The Kier molecular flexibility index (Phi) is 6.77. The molecule has 29 heavy (non-hydrogen) atoms. The van der Waals surface area contributed by atoms with Crippen LogP contribution in [-0.4, -0.2) is 95.0 Å². The number of guanidine groups is 1. The summed E-state index contributed by atoms with van der Waals surface area (Å²) in [4.78, 5) is 12.0. The van der Waals surface area contributed by atoms with E-state index < -0.39 is 0 Å². The lowest BCUT2D eigenvalue weighted by atomic mass is 10.1. The Morgan fingerprint density at radius 3 is 2.83 bits per heavy atom. The van der Waals surface area contributed by atoms with Crippen LogP contribution in [0.4, 0.5) is 5.69 Å². The van der Waals surface area contributed by atoms with Crippen molar-refractivity contribution in [2.24, 2.45) is 10.9 Å². The second-order valence-electron chi connectivity index (χ2n) is 8.27. The topological polar surface area (TPSA) is 52.6 Å². The molecule has 7 nitrogen and oxygen atoms in total. The molecule has 2 atom stereocenters. The van der Waals surface area contributed by atoms with Gasteiger partial charge < -0.3 is 24.6 Å². The molecule has 1 N–H and O–H groups in total. The van der Waals surface area contributed by atoms with Crippen molar-refractivity contribution in [2.45, 2.75) is 18.9 Å². The van der Waals surface area contributed by atoms with Gasteiger partial charge in [-0.3, -0.25) is 9.89 Å². The van der Waals surface area contributed by atoms with Gasteiger partial charge in [0.25, 0.3) is 0 Å². The fourth-order valence-electron chi connectivity index (χ4n) is 4.78. The van der Waals surface area contributed by atoms with Crippen molar-refractivity contribution in [3.8, 4) is 5.75 Å². The standard InChI is InChI=1S/C22H35N5O2/c1-23-22(27-9-7-20(17-27)25-10-12-29-13-11-25)24-15-18-6-8-26(16-18)19-4-3-5-21(14-19)28-2/h3-5,14,18,20H,6-13,15-17H2,1-2H3,(H,23,24). The van der Waals surface area contributed by atoms with Crippen molar-refractivity contribution in [3.63, 3.8) is 0 Å². The molecule has 4 rings (SSSR count). The minimum atomic E-state index is 0.632. The third-order valence-corrected chi connectivity index (χ3v) is 6.49. The lowest BCUT2D eigenvalue weighted by Crippen LogP contribution is -2.47. The second kappa shape index (κ2) is 9.67. The highest BCUT2D eigenvalue weighted by Crippen LogP contribution is 2.26.